The molecule has 0 radical (unpaired) electrons. The number of benzene rings is 2. The van der Waals surface area contributed by atoms with Crippen LogP contribution in [0.1, 0.15) is 38.3 Å². The van der Waals surface area contributed by atoms with Crippen molar-refractivity contribution in [1.82, 2.24) is 14.8 Å². The standard InChI is InChI=1S/C26H27ClN4O4/c1-26(2)12-17-21(18(32)13-26)22(15-8-6-7-9-16(15)27)31-25(28-17)29-24(30-31)14-10-19(33-3)23(35-5)20(11-14)34-4/h6-11,22H,12-13H2,1-5H3,(H,28,29,30)/t22-/m0/s1. The molecule has 1 N–H and O–H groups in total. The van der Waals surface area contributed by atoms with Crippen LogP contribution in [0.15, 0.2) is 47.7 Å². The zero-order valence-electron chi connectivity index (χ0n) is 20.3. The second-order valence-electron chi connectivity index (χ2n) is 9.50. The van der Waals surface area contributed by atoms with Gasteiger partial charge in [0, 0.05) is 33.8 Å². The average Bonchev–Trinajstić information content (AvgIpc) is 3.25. The number of rotatable bonds is 5. The monoisotopic (exact) mass is 494 g/mol. The highest BCUT2D eigenvalue weighted by Gasteiger charge is 2.42. The normalized spacial score (nSPS) is 18.5. The van der Waals surface area contributed by atoms with E-state index in [9.17, 15) is 4.79 Å². The maximum Gasteiger partial charge on any atom is 0.226 e. The molecule has 5 rings (SSSR count). The van der Waals surface area contributed by atoms with Crippen LogP contribution in [-0.4, -0.2) is 41.9 Å². The van der Waals surface area contributed by atoms with E-state index in [1.165, 1.54) is 0 Å². The third kappa shape index (κ3) is 3.91. The van der Waals surface area contributed by atoms with Gasteiger partial charge in [0.15, 0.2) is 23.1 Å². The molecule has 0 bridgehead atoms. The number of nitrogens with zero attached hydrogens (tertiary/aromatic N) is 3. The van der Waals surface area contributed by atoms with E-state index in [0.717, 1.165) is 17.7 Å². The quantitative estimate of drug-likeness (QED) is 0.516. The molecule has 0 saturated heterocycles. The Balaban J connectivity index is 1.69. The highest BCUT2D eigenvalue weighted by atomic mass is 35.5. The number of fused-ring (bicyclic) bond motifs is 1. The number of hydrogen-bond acceptors (Lipinski definition) is 7. The van der Waals surface area contributed by atoms with E-state index in [4.69, 9.17) is 35.9 Å². The number of anilines is 1. The number of hydrogen-bond donors (Lipinski definition) is 1. The summed E-state index contributed by atoms with van der Waals surface area (Å²) in [6.45, 7) is 4.20. The van der Waals surface area contributed by atoms with Crippen molar-refractivity contribution in [3.8, 4) is 28.6 Å². The van der Waals surface area contributed by atoms with Gasteiger partial charge in [-0.1, -0.05) is 43.6 Å². The Morgan fingerprint density at radius 3 is 2.37 bits per heavy atom. The summed E-state index contributed by atoms with van der Waals surface area (Å²) in [7, 11) is 4.68. The molecule has 9 heteroatoms. The van der Waals surface area contributed by atoms with Gasteiger partial charge in [0.05, 0.1) is 21.3 Å². The molecule has 1 aliphatic heterocycles. The van der Waals surface area contributed by atoms with Crippen molar-refractivity contribution in [3.05, 3.63) is 58.3 Å². The molecule has 1 aromatic heterocycles. The molecule has 2 aromatic carbocycles. The maximum atomic E-state index is 13.4. The Morgan fingerprint density at radius 2 is 1.74 bits per heavy atom. The molecule has 35 heavy (non-hydrogen) atoms. The number of nitrogens with one attached hydrogen (secondary N) is 1. The highest BCUT2D eigenvalue weighted by molar-refractivity contribution is 6.31. The van der Waals surface area contributed by atoms with Gasteiger partial charge >= 0.3 is 0 Å². The fourth-order valence-corrected chi connectivity index (χ4v) is 5.16. The lowest BCUT2D eigenvalue weighted by atomic mass is 9.73. The summed E-state index contributed by atoms with van der Waals surface area (Å²) in [6.07, 6.45) is 1.18. The number of allylic oxidation sites excluding steroid dienone is 2. The van der Waals surface area contributed by atoms with Crippen LogP contribution >= 0.6 is 11.6 Å². The zero-order chi connectivity index (χ0) is 24.9. The second kappa shape index (κ2) is 8.61. The number of Topliss-reactive ketones (excluding diaryl/α,β-unsaturated/α-hetero) is 1. The van der Waals surface area contributed by atoms with E-state index in [1.54, 1.807) is 38.1 Å². The molecule has 2 aliphatic rings. The Bertz CT molecular complexity index is 1340. The van der Waals surface area contributed by atoms with Gasteiger partial charge in [0.2, 0.25) is 11.7 Å². The van der Waals surface area contributed by atoms with E-state index < -0.39 is 6.04 Å². The summed E-state index contributed by atoms with van der Waals surface area (Å²) in [6, 6.07) is 10.7. The lowest BCUT2D eigenvalue weighted by molar-refractivity contribution is -0.118. The van der Waals surface area contributed by atoms with E-state index in [0.29, 0.717) is 51.6 Å². The van der Waals surface area contributed by atoms with Gasteiger partial charge in [-0.25, -0.2) is 4.68 Å². The molecule has 0 unspecified atom stereocenters. The molecule has 8 nitrogen and oxygen atoms in total. The molecule has 0 spiro atoms. The lowest BCUT2D eigenvalue weighted by Crippen LogP contribution is -2.36. The summed E-state index contributed by atoms with van der Waals surface area (Å²) in [5, 5.41) is 8.80. The van der Waals surface area contributed by atoms with Crippen LogP contribution in [0, 0.1) is 5.41 Å². The predicted octanol–water partition coefficient (Wildman–Crippen LogP) is 5.28. The Hall–Kier alpha value is -3.52. The third-order valence-corrected chi connectivity index (χ3v) is 6.80. The summed E-state index contributed by atoms with van der Waals surface area (Å²) < 4.78 is 18.2. The fraction of sp³-hybridized carbons (Fsp3) is 0.346. The van der Waals surface area contributed by atoms with E-state index in [-0.39, 0.29) is 11.2 Å². The number of carbonyl (C=O) groups is 1. The molecule has 2 heterocycles. The SMILES string of the molecule is COc1cc(-c2nc3n(n2)[C@@H](c2ccccc2Cl)C2=C(CC(C)(C)CC2=O)N3)cc(OC)c1OC. The first-order valence-electron chi connectivity index (χ1n) is 11.3. The average molecular weight is 495 g/mol. The van der Waals surface area contributed by atoms with E-state index >= 15 is 0 Å². The smallest absolute Gasteiger partial charge is 0.226 e. The first-order chi connectivity index (χ1) is 16.8. The Labute approximate surface area is 208 Å². The topological polar surface area (TPSA) is 87.5 Å². The molecule has 1 atom stereocenters. The molecule has 0 amide bonds. The first kappa shape index (κ1) is 23.2. The van der Waals surface area contributed by atoms with Gasteiger partial charge in [0.1, 0.15) is 6.04 Å². The van der Waals surface area contributed by atoms with Crippen LogP contribution in [-0.2, 0) is 4.79 Å². The molecular formula is C26H27ClN4O4. The number of halogens is 1. The molecular weight excluding hydrogens is 468 g/mol. The molecule has 0 saturated carbocycles. The van der Waals surface area contributed by atoms with Crippen LogP contribution in [0.5, 0.6) is 17.2 Å². The van der Waals surface area contributed by atoms with Crippen LogP contribution in [0.2, 0.25) is 5.02 Å². The number of methoxy groups -OCH3 is 3. The minimum atomic E-state index is -0.484. The van der Waals surface area contributed by atoms with E-state index in [1.807, 2.05) is 24.3 Å². The van der Waals surface area contributed by atoms with E-state index in [2.05, 4.69) is 19.2 Å². The summed E-state index contributed by atoms with van der Waals surface area (Å²) in [4.78, 5) is 18.2. The lowest BCUT2D eigenvalue weighted by Gasteiger charge is -2.38. The molecule has 1 aliphatic carbocycles. The molecule has 0 fully saturated rings. The first-order valence-corrected chi connectivity index (χ1v) is 11.7. The predicted molar refractivity (Wildman–Crippen MR) is 133 cm³/mol. The number of aromatic nitrogens is 3. The third-order valence-electron chi connectivity index (χ3n) is 6.45. The van der Waals surface area contributed by atoms with Gasteiger partial charge in [-0.2, -0.15) is 4.98 Å². The van der Waals surface area contributed by atoms with Gasteiger partial charge in [-0.15, -0.1) is 5.10 Å². The van der Waals surface area contributed by atoms with Crippen LogP contribution in [0.3, 0.4) is 0 Å². The van der Waals surface area contributed by atoms with Crippen LogP contribution in [0.4, 0.5) is 5.95 Å². The zero-order valence-corrected chi connectivity index (χ0v) is 21.1. The van der Waals surface area contributed by atoms with Crippen molar-refractivity contribution >= 4 is 23.3 Å². The van der Waals surface area contributed by atoms with Gasteiger partial charge in [-0.05, 0) is 30.0 Å². The minimum absolute atomic E-state index is 0.0872. The van der Waals surface area contributed by atoms with Gasteiger partial charge in [0.25, 0.3) is 0 Å². The van der Waals surface area contributed by atoms with Crippen molar-refractivity contribution < 1.29 is 19.0 Å². The Morgan fingerprint density at radius 1 is 1.06 bits per heavy atom. The van der Waals surface area contributed by atoms with Crippen molar-refractivity contribution in [2.45, 2.75) is 32.7 Å². The number of ketones is 1. The summed E-state index contributed by atoms with van der Waals surface area (Å²) in [5.74, 6) is 2.57. The maximum absolute atomic E-state index is 13.4. The van der Waals surface area contributed by atoms with Crippen molar-refractivity contribution in [1.29, 1.82) is 0 Å². The molecule has 182 valence electrons. The van der Waals surface area contributed by atoms with Gasteiger partial charge < -0.3 is 19.5 Å². The summed E-state index contributed by atoms with van der Waals surface area (Å²) in [5.41, 5.74) is 2.89. The highest BCUT2D eigenvalue weighted by Crippen LogP contribution is 2.47. The van der Waals surface area contributed by atoms with Crippen molar-refractivity contribution in [2.75, 3.05) is 26.6 Å². The van der Waals surface area contributed by atoms with Gasteiger partial charge in [-0.3, -0.25) is 4.79 Å². The van der Waals surface area contributed by atoms with Crippen LogP contribution < -0.4 is 19.5 Å². The minimum Gasteiger partial charge on any atom is -0.493 e. The summed E-state index contributed by atoms with van der Waals surface area (Å²) >= 11 is 6.63. The molecule has 3 aromatic rings. The largest absolute Gasteiger partial charge is 0.493 e. The van der Waals surface area contributed by atoms with Crippen LogP contribution in [0.25, 0.3) is 11.4 Å². The Kier molecular flexibility index (Phi) is 5.71. The van der Waals surface area contributed by atoms with Crippen molar-refractivity contribution in [2.24, 2.45) is 5.41 Å². The van der Waals surface area contributed by atoms with Crippen molar-refractivity contribution in [3.63, 3.8) is 0 Å². The fourth-order valence-electron chi connectivity index (χ4n) is 4.93. The number of carbonyl (C=O) groups excluding carboxylic acids is 1. The second-order valence-corrected chi connectivity index (χ2v) is 9.91. The number of ether oxygens (including phenoxy) is 3.